The number of hydrogen-bond donors (Lipinski definition) is 1. The summed E-state index contributed by atoms with van der Waals surface area (Å²) in [6, 6.07) is 16.9. The van der Waals surface area contributed by atoms with Crippen molar-refractivity contribution in [2.45, 2.75) is 19.4 Å². The highest BCUT2D eigenvalue weighted by Gasteiger charge is 2.23. The molecule has 5 heteroatoms. The number of aromatic amines is 1. The smallest absolute Gasteiger partial charge is 0.274 e. The molecule has 0 aliphatic heterocycles. The Balaban J connectivity index is 1.89. The summed E-state index contributed by atoms with van der Waals surface area (Å²) in [5.74, 6) is 1.21. The van der Waals surface area contributed by atoms with Gasteiger partial charge in [0.05, 0.1) is 7.11 Å². The first kappa shape index (κ1) is 18.0. The highest BCUT2D eigenvalue weighted by atomic mass is 16.5. The largest absolute Gasteiger partial charge is 0.497 e. The molecular weight excluding hydrogens is 352 g/mol. The summed E-state index contributed by atoms with van der Waals surface area (Å²) in [4.78, 5) is 28.7. The summed E-state index contributed by atoms with van der Waals surface area (Å²) in [5.41, 5.74) is 1.28. The maximum atomic E-state index is 13.1. The lowest BCUT2D eigenvalue weighted by molar-refractivity contribution is 0.415. The van der Waals surface area contributed by atoms with Gasteiger partial charge >= 0.3 is 0 Å². The molecule has 0 spiro atoms. The molecule has 0 radical (unpaired) electrons. The van der Waals surface area contributed by atoms with Crippen molar-refractivity contribution in [3.63, 3.8) is 0 Å². The van der Waals surface area contributed by atoms with E-state index >= 15 is 0 Å². The van der Waals surface area contributed by atoms with Crippen molar-refractivity contribution in [3.8, 4) is 5.75 Å². The summed E-state index contributed by atoms with van der Waals surface area (Å²) >= 11 is 0. The predicted molar refractivity (Wildman–Crippen MR) is 110 cm³/mol. The Kier molecular flexibility index (Phi) is 4.98. The van der Waals surface area contributed by atoms with Crippen molar-refractivity contribution in [1.29, 1.82) is 0 Å². The Hall–Kier alpha value is -3.34. The molecule has 0 bridgehead atoms. The third-order valence-corrected chi connectivity index (χ3v) is 4.91. The van der Waals surface area contributed by atoms with E-state index in [1.807, 2.05) is 54.6 Å². The molecule has 1 aliphatic rings. The monoisotopic (exact) mass is 374 g/mol. The van der Waals surface area contributed by atoms with Crippen LogP contribution in [-0.2, 0) is 6.54 Å². The van der Waals surface area contributed by atoms with Crippen LogP contribution in [0, 0.1) is 5.92 Å². The van der Waals surface area contributed by atoms with Crippen molar-refractivity contribution < 1.29 is 4.74 Å². The number of ether oxygens (including phenoxy) is 1. The summed E-state index contributed by atoms with van der Waals surface area (Å²) in [6.07, 6.45) is 5.68. The summed E-state index contributed by atoms with van der Waals surface area (Å²) in [5, 5.41) is 0.691. The number of aromatic nitrogens is 2. The highest BCUT2D eigenvalue weighted by Crippen LogP contribution is 2.29. The maximum Gasteiger partial charge on any atom is 0.274 e. The molecule has 1 N–H and O–H groups in total. The van der Waals surface area contributed by atoms with Gasteiger partial charge in [-0.2, -0.15) is 0 Å². The fourth-order valence-electron chi connectivity index (χ4n) is 3.17. The fourth-order valence-corrected chi connectivity index (χ4v) is 3.17. The zero-order valence-corrected chi connectivity index (χ0v) is 15.7. The van der Waals surface area contributed by atoms with Gasteiger partial charge in [0.2, 0.25) is 0 Å². The first-order valence-corrected chi connectivity index (χ1v) is 9.40. The van der Waals surface area contributed by atoms with E-state index in [-0.39, 0.29) is 11.1 Å². The van der Waals surface area contributed by atoms with Gasteiger partial charge in [-0.3, -0.25) is 9.59 Å². The number of nitrogens with zero attached hydrogens (tertiary/aromatic N) is 1. The van der Waals surface area contributed by atoms with Gasteiger partial charge in [-0.05, 0) is 54.2 Å². The van der Waals surface area contributed by atoms with Gasteiger partial charge in [-0.25, -0.2) is 0 Å². The van der Waals surface area contributed by atoms with E-state index in [4.69, 9.17) is 4.74 Å². The Bertz CT molecular complexity index is 1200. The van der Waals surface area contributed by atoms with Crippen molar-refractivity contribution in [2.24, 2.45) is 5.92 Å². The molecule has 1 aliphatic carbocycles. The van der Waals surface area contributed by atoms with Crippen molar-refractivity contribution in [3.05, 3.63) is 97.1 Å². The Labute approximate surface area is 162 Å². The quantitative estimate of drug-likeness (QED) is 0.738. The molecule has 4 rings (SSSR count). The molecule has 1 saturated carbocycles. The van der Waals surface area contributed by atoms with Gasteiger partial charge in [-0.15, -0.1) is 0 Å². The van der Waals surface area contributed by atoms with Crippen LogP contribution in [0.3, 0.4) is 0 Å². The van der Waals surface area contributed by atoms with Gasteiger partial charge in [0.25, 0.3) is 11.1 Å². The zero-order valence-electron chi connectivity index (χ0n) is 15.7. The topological polar surface area (TPSA) is 64.1 Å². The molecule has 0 amide bonds. The minimum Gasteiger partial charge on any atom is -0.497 e. The molecular formula is C23H22N2O3. The van der Waals surface area contributed by atoms with Crippen LogP contribution in [0.5, 0.6) is 5.75 Å². The second-order valence-electron chi connectivity index (χ2n) is 7.08. The standard InChI is InChI=1S/C23H22N2O3/c1-28-19-11-9-17(10-12-19)13-20-23(27)25(15-18-7-8-18)21(22(26)24-20)14-16-5-3-2-4-6-16/h2-6,9-14,18H,7-8,15H2,1H3,(H,24,26)/b20-13-,21-14-. The minimum atomic E-state index is -0.260. The van der Waals surface area contributed by atoms with Crippen LogP contribution in [-0.4, -0.2) is 16.7 Å². The van der Waals surface area contributed by atoms with Crippen LogP contribution >= 0.6 is 0 Å². The molecule has 1 aromatic heterocycles. The lowest BCUT2D eigenvalue weighted by Crippen LogP contribution is -2.53. The predicted octanol–water partition coefficient (Wildman–Crippen LogP) is 1.61. The molecule has 1 fully saturated rings. The van der Waals surface area contributed by atoms with Crippen LogP contribution in [0.4, 0.5) is 0 Å². The lowest BCUT2D eigenvalue weighted by Gasteiger charge is -2.06. The lowest BCUT2D eigenvalue weighted by atomic mass is 10.2. The van der Waals surface area contributed by atoms with Crippen LogP contribution in [0.15, 0.2) is 64.2 Å². The van der Waals surface area contributed by atoms with Crippen LogP contribution in [0.25, 0.3) is 12.2 Å². The van der Waals surface area contributed by atoms with Crippen LogP contribution in [0.2, 0.25) is 0 Å². The Morgan fingerprint density at radius 1 is 1.00 bits per heavy atom. The molecule has 142 valence electrons. The van der Waals surface area contributed by atoms with Gasteiger partial charge in [0, 0.05) is 6.54 Å². The number of benzene rings is 2. The first-order chi connectivity index (χ1) is 13.6. The average Bonchev–Trinajstić information content (AvgIpc) is 3.54. The Morgan fingerprint density at radius 2 is 1.68 bits per heavy atom. The number of hydrogen-bond acceptors (Lipinski definition) is 3. The number of H-pyrrole nitrogens is 1. The molecule has 0 atom stereocenters. The van der Waals surface area contributed by atoms with E-state index in [9.17, 15) is 9.59 Å². The summed E-state index contributed by atoms with van der Waals surface area (Å²) < 4.78 is 6.79. The fraction of sp³-hybridized carbons (Fsp3) is 0.217. The van der Waals surface area contributed by atoms with Crippen molar-refractivity contribution >= 4 is 12.2 Å². The molecule has 2 aromatic carbocycles. The van der Waals surface area contributed by atoms with Gasteiger partial charge in [-0.1, -0.05) is 42.5 Å². The Morgan fingerprint density at radius 3 is 2.32 bits per heavy atom. The average molecular weight is 374 g/mol. The number of methoxy groups -OCH3 is 1. The van der Waals surface area contributed by atoms with Crippen LogP contribution in [0.1, 0.15) is 24.0 Å². The molecule has 3 aromatic rings. The van der Waals surface area contributed by atoms with Crippen molar-refractivity contribution in [2.75, 3.05) is 7.11 Å². The van der Waals surface area contributed by atoms with E-state index in [0.29, 0.717) is 23.2 Å². The number of rotatable bonds is 5. The first-order valence-electron chi connectivity index (χ1n) is 9.40. The normalized spacial score (nSPS) is 15.0. The SMILES string of the molecule is COc1ccc(/C=c2\[nH]c(=O)/c(=C/c3ccccc3)n(CC3CC3)c2=O)cc1. The van der Waals surface area contributed by atoms with E-state index in [1.165, 1.54) is 0 Å². The van der Waals surface area contributed by atoms with E-state index < -0.39 is 0 Å². The highest BCUT2D eigenvalue weighted by molar-refractivity contribution is 5.50. The number of nitrogens with one attached hydrogen (secondary N) is 1. The van der Waals surface area contributed by atoms with Gasteiger partial charge in [0.1, 0.15) is 16.4 Å². The third-order valence-electron chi connectivity index (χ3n) is 4.91. The molecule has 0 saturated heterocycles. The molecule has 5 nitrogen and oxygen atoms in total. The van der Waals surface area contributed by atoms with Crippen molar-refractivity contribution in [1.82, 2.24) is 9.55 Å². The van der Waals surface area contributed by atoms with Gasteiger partial charge < -0.3 is 14.3 Å². The van der Waals surface area contributed by atoms with E-state index in [1.54, 1.807) is 23.8 Å². The zero-order chi connectivity index (χ0) is 19.5. The minimum absolute atomic E-state index is 0.176. The molecule has 0 unspecified atom stereocenters. The maximum absolute atomic E-state index is 13.1. The van der Waals surface area contributed by atoms with Gasteiger partial charge in [0.15, 0.2) is 0 Å². The molecule has 1 heterocycles. The van der Waals surface area contributed by atoms with E-state index in [0.717, 1.165) is 29.7 Å². The second-order valence-corrected chi connectivity index (χ2v) is 7.08. The third kappa shape index (κ3) is 3.98. The van der Waals surface area contributed by atoms with Crippen LogP contribution < -0.4 is 26.6 Å². The summed E-state index contributed by atoms with van der Waals surface area (Å²) in [6.45, 7) is 0.574. The molecule has 28 heavy (non-hydrogen) atoms. The van der Waals surface area contributed by atoms with E-state index in [2.05, 4.69) is 4.98 Å². The second kappa shape index (κ2) is 7.72. The summed E-state index contributed by atoms with van der Waals surface area (Å²) in [7, 11) is 1.61.